The molecule has 16 nitrogen and oxygen atoms in total. The highest BCUT2D eigenvalue weighted by molar-refractivity contribution is 6.01. The van der Waals surface area contributed by atoms with Gasteiger partial charge in [-0.05, 0) is 132 Å². The average molecular weight is 1050 g/mol. The number of aliphatic hydroxyl groups excluding tert-OH is 1. The van der Waals surface area contributed by atoms with E-state index in [9.17, 15) is 34.7 Å². The number of ether oxygens (including phenoxy) is 4. The van der Waals surface area contributed by atoms with Crippen LogP contribution < -0.4 is 15.5 Å². The molecule has 0 radical (unpaired) electrons. The molecule has 3 saturated heterocycles. The molecule has 1 spiro atoms. The number of rotatable bonds is 21. The van der Waals surface area contributed by atoms with Crippen molar-refractivity contribution in [2.24, 2.45) is 41.4 Å². The summed E-state index contributed by atoms with van der Waals surface area (Å²) in [6, 6.07) is 9.56. The number of hydrogen-bond acceptors (Lipinski definition) is 14. The summed E-state index contributed by atoms with van der Waals surface area (Å²) in [7, 11) is 3.88. The molecule has 0 aromatic heterocycles. The quantitative estimate of drug-likeness (QED) is 0.0227. The molecule has 1 aromatic rings. The van der Waals surface area contributed by atoms with Crippen LogP contribution in [-0.2, 0) is 47.9 Å². The van der Waals surface area contributed by atoms with Crippen LogP contribution in [0.1, 0.15) is 159 Å². The lowest BCUT2D eigenvalue weighted by Gasteiger charge is -2.47. The van der Waals surface area contributed by atoms with E-state index in [-0.39, 0.29) is 47.2 Å². The first-order chi connectivity index (χ1) is 35.5. The summed E-state index contributed by atoms with van der Waals surface area (Å²) in [5, 5.41) is 38.9. The fourth-order valence-electron chi connectivity index (χ4n) is 12.0. The smallest absolute Gasteiger partial charge is 0.303 e. The van der Waals surface area contributed by atoms with Crippen molar-refractivity contribution in [1.82, 2.24) is 10.6 Å². The number of unbranched alkanes of at least 4 members (excludes halogenated alkanes) is 1. The zero-order valence-electron chi connectivity index (χ0n) is 47.4. The number of carbonyl (C=O) groups excluding carboxylic acids is 4. The summed E-state index contributed by atoms with van der Waals surface area (Å²) in [6.45, 7) is 21.7. The van der Waals surface area contributed by atoms with E-state index in [1.807, 2.05) is 110 Å². The van der Waals surface area contributed by atoms with Gasteiger partial charge in [-0.2, -0.15) is 10.1 Å². The number of nitrogens with one attached hydrogen (secondary N) is 2. The van der Waals surface area contributed by atoms with E-state index in [0.717, 1.165) is 17.7 Å². The van der Waals surface area contributed by atoms with E-state index in [1.54, 1.807) is 13.0 Å². The highest BCUT2D eigenvalue weighted by atomic mass is 17.2. The standard InChI is InChI=1S/C59H92N4O12/c1-14-46(56(68)62-32-18-17-31-61-55(67)44(35-60)34-43-21-23-45(24-22-43)63(12)13)48-25-20-37(5)53(72-48)40(8)51(65)39(7)52(66)47(15-2)54-38(6)33-36(4)19-26-50(71-42(10)64)59(75-73-54)30-29-57(11,74-59)49-27-28-58(69,16-3)41(9)70-49/h19,21-24,26,34,36-41,46-51,53-54,65,69H,14-18,20,25,27-33H2,1-13H3,(H,61,67)(H,62,68)/b26-19-,44-34+/t36-,37-,38-,39-,40-,41-,46+,47-,48+,49+,50+,51+,53+,54-,57-,58+,59-/m0/s1. The highest BCUT2D eigenvalue weighted by Gasteiger charge is 2.60. The number of ketones is 1. The third-order valence-corrected chi connectivity index (χ3v) is 17.1. The molecule has 3 fully saturated rings. The molecular weight excluding hydrogens is 957 g/mol. The number of carbonyl (C=O) groups is 4. The minimum atomic E-state index is -1.57. The van der Waals surface area contributed by atoms with Crippen LogP contribution in [0.3, 0.4) is 0 Å². The molecule has 75 heavy (non-hydrogen) atoms. The first kappa shape index (κ1) is 61.6. The molecule has 0 aliphatic carbocycles. The molecule has 4 N–H and O–H groups in total. The third-order valence-electron chi connectivity index (χ3n) is 17.1. The fourth-order valence-corrected chi connectivity index (χ4v) is 12.0. The fraction of sp³-hybridized carbons (Fsp3) is 0.746. The highest BCUT2D eigenvalue weighted by Crippen LogP contribution is 2.49. The molecule has 420 valence electrons. The van der Waals surface area contributed by atoms with E-state index in [0.29, 0.717) is 83.7 Å². The Kier molecular flexibility index (Phi) is 22.5. The van der Waals surface area contributed by atoms with Gasteiger partial charge in [-0.3, -0.25) is 19.2 Å². The van der Waals surface area contributed by atoms with Crippen LogP contribution in [0.2, 0.25) is 0 Å². The monoisotopic (exact) mass is 1050 g/mol. The Labute approximate surface area is 447 Å². The maximum absolute atomic E-state index is 14.9. The molecule has 0 bridgehead atoms. The van der Waals surface area contributed by atoms with E-state index in [1.165, 1.54) is 6.92 Å². The van der Waals surface area contributed by atoms with Crippen molar-refractivity contribution in [3.8, 4) is 6.07 Å². The Morgan fingerprint density at radius 2 is 1.56 bits per heavy atom. The Balaban J connectivity index is 1.20. The topological polar surface area (TPSA) is 215 Å². The van der Waals surface area contributed by atoms with E-state index in [2.05, 4.69) is 24.5 Å². The number of anilines is 1. The van der Waals surface area contributed by atoms with Gasteiger partial charge in [-0.15, -0.1) is 0 Å². The minimum Gasteiger partial charge on any atom is -0.452 e. The second-order valence-corrected chi connectivity index (χ2v) is 22.9. The molecule has 16 heteroatoms. The summed E-state index contributed by atoms with van der Waals surface area (Å²) in [4.78, 5) is 69.0. The summed E-state index contributed by atoms with van der Waals surface area (Å²) in [6.07, 6.45) is 7.76. The largest absolute Gasteiger partial charge is 0.452 e. The van der Waals surface area contributed by atoms with Gasteiger partial charge in [0, 0.05) is 64.0 Å². The molecule has 4 heterocycles. The number of Topliss-reactive ketones (excluding diaryl/α,β-unsaturated/α-hetero) is 1. The summed E-state index contributed by atoms with van der Waals surface area (Å²) >= 11 is 0. The maximum Gasteiger partial charge on any atom is 0.303 e. The van der Waals surface area contributed by atoms with Gasteiger partial charge < -0.3 is 44.7 Å². The van der Waals surface area contributed by atoms with Crippen molar-refractivity contribution in [2.45, 2.75) is 213 Å². The Morgan fingerprint density at radius 3 is 2.16 bits per heavy atom. The van der Waals surface area contributed by atoms with Gasteiger partial charge in [-0.1, -0.05) is 73.6 Å². The molecule has 2 amide bonds. The Bertz CT molecular complexity index is 2160. The van der Waals surface area contributed by atoms with Crippen LogP contribution in [0.5, 0.6) is 0 Å². The second-order valence-electron chi connectivity index (χ2n) is 22.9. The van der Waals surface area contributed by atoms with Crippen LogP contribution in [0, 0.1) is 52.8 Å². The number of allylic oxidation sites excluding steroid dienone is 1. The van der Waals surface area contributed by atoms with Crippen molar-refractivity contribution in [2.75, 3.05) is 32.1 Å². The van der Waals surface area contributed by atoms with Gasteiger partial charge in [0.05, 0.1) is 47.6 Å². The molecule has 17 atom stereocenters. The maximum atomic E-state index is 14.9. The number of esters is 1. The number of nitrogens with zero attached hydrogens (tertiary/aromatic N) is 2. The number of nitriles is 1. The second kappa shape index (κ2) is 27.4. The van der Waals surface area contributed by atoms with Gasteiger partial charge in [-0.25, -0.2) is 4.89 Å². The van der Waals surface area contributed by atoms with Gasteiger partial charge in [0.2, 0.25) is 11.7 Å². The molecule has 4 aliphatic rings. The van der Waals surface area contributed by atoms with Crippen molar-refractivity contribution >= 4 is 35.3 Å². The molecule has 0 saturated carbocycles. The van der Waals surface area contributed by atoms with Crippen LogP contribution in [0.4, 0.5) is 5.69 Å². The molecular formula is C59H92N4O12. The van der Waals surface area contributed by atoms with Crippen LogP contribution in [-0.4, -0.2) is 121 Å². The number of hydrogen-bond donors (Lipinski definition) is 4. The van der Waals surface area contributed by atoms with Gasteiger partial charge in [0.1, 0.15) is 23.5 Å². The predicted molar refractivity (Wildman–Crippen MR) is 287 cm³/mol. The summed E-state index contributed by atoms with van der Waals surface area (Å²) in [5.41, 5.74) is -0.0329. The van der Waals surface area contributed by atoms with Crippen LogP contribution in [0.15, 0.2) is 42.0 Å². The Hall–Kier alpha value is -4.21. The minimum absolute atomic E-state index is 0.00834. The third kappa shape index (κ3) is 15.3. The molecule has 0 unspecified atom stereocenters. The van der Waals surface area contributed by atoms with Crippen molar-refractivity contribution < 1.29 is 58.1 Å². The zero-order valence-corrected chi connectivity index (χ0v) is 47.4. The Morgan fingerprint density at radius 1 is 0.893 bits per heavy atom. The number of amides is 2. The van der Waals surface area contributed by atoms with Crippen molar-refractivity contribution in [3.63, 3.8) is 0 Å². The predicted octanol–water partition coefficient (Wildman–Crippen LogP) is 8.57. The first-order valence-electron chi connectivity index (χ1n) is 28.1. The normalized spacial score (nSPS) is 33.9. The zero-order chi connectivity index (χ0) is 55.4. The summed E-state index contributed by atoms with van der Waals surface area (Å²) < 4.78 is 26.1. The van der Waals surface area contributed by atoms with Gasteiger partial charge >= 0.3 is 5.97 Å². The van der Waals surface area contributed by atoms with E-state index in [4.69, 9.17) is 28.7 Å². The van der Waals surface area contributed by atoms with Gasteiger partial charge in [0.25, 0.3) is 5.91 Å². The lowest BCUT2D eigenvalue weighted by Crippen LogP contribution is -2.56. The lowest BCUT2D eigenvalue weighted by molar-refractivity contribution is -0.468. The number of benzene rings is 1. The van der Waals surface area contributed by atoms with Crippen molar-refractivity contribution in [1.29, 1.82) is 5.26 Å². The van der Waals surface area contributed by atoms with E-state index < -0.39 is 83.1 Å². The molecule has 1 aromatic carbocycles. The first-order valence-corrected chi connectivity index (χ1v) is 28.1. The SMILES string of the molecule is CC[C@@H](C(=O)[C@@H](C)[C@@H](O)[C@H](C)[C@@H]1O[C@@H]([C@@H](CC)C(=O)NCCCCNC(=O)/C(C#N)=C/c2ccc(N(C)C)cc2)CC[C@@H]1C)[C@H]1OO[C@@]2(CC[C@@](C)([C@H]3CC[C@](O)(CC)[C@H](C)O3)O2)[C@H](OC(C)=O)/C=C\[C@H](C)C[C@@H]1C. The van der Waals surface area contributed by atoms with Crippen LogP contribution in [0.25, 0.3) is 6.08 Å². The van der Waals surface area contributed by atoms with Gasteiger partial charge in [0.15, 0.2) is 6.10 Å². The average Bonchev–Trinajstić information content (AvgIpc) is 3.74. The molecule has 5 rings (SSSR count). The summed E-state index contributed by atoms with van der Waals surface area (Å²) in [5.74, 6) is -5.25. The van der Waals surface area contributed by atoms with Crippen LogP contribution >= 0.6 is 0 Å². The van der Waals surface area contributed by atoms with E-state index >= 15 is 0 Å². The molecule has 4 aliphatic heterocycles. The number of aliphatic hydroxyl groups is 2. The lowest BCUT2D eigenvalue weighted by atomic mass is 9.74. The van der Waals surface area contributed by atoms with Crippen molar-refractivity contribution in [3.05, 3.63) is 47.6 Å².